The fourth-order valence-corrected chi connectivity index (χ4v) is 3.94. The molecule has 0 aliphatic carbocycles. The zero-order valence-corrected chi connectivity index (χ0v) is 20.1. The van der Waals surface area contributed by atoms with E-state index < -0.39 is 22.7 Å². The van der Waals surface area contributed by atoms with Crippen molar-refractivity contribution in [2.75, 3.05) is 59.4 Å². The van der Waals surface area contributed by atoms with E-state index in [0.717, 1.165) is 12.1 Å². The molecule has 2 amide bonds. The molecule has 0 aromatic heterocycles. The van der Waals surface area contributed by atoms with Crippen LogP contribution in [0, 0.1) is 0 Å². The number of carbonyl (C=O) groups is 2. The number of anilines is 1. The minimum Gasteiger partial charge on any atom is -0.493 e. The van der Waals surface area contributed by atoms with Gasteiger partial charge in [-0.05, 0) is 30.3 Å². The molecule has 0 spiro atoms. The average molecular weight is 516 g/mol. The lowest BCUT2D eigenvalue weighted by molar-refractivity contribution is -0.137. The summed E-state index contributed by atoms with van der Waals surface area (Å²) >= 11 is 5.61. The molecule has 2 aromatic carbocycles. The number of nitrogens with one attached hydrogen (secondary N) is 1. The normalized spacial score (nSPS) is 14.4. The van der Waals surface area contributed by atoms with Gasteiger partial charge in [0.1, 0.15) is 0 Å². The van der Waals surface area contributed by atoms with E-state index in [9.17, 15) is 22.8 Å². The second-order valence-electron chi connectivity index (χ2n) is 7.72. The first kappa shape index (κ1) is 26.4. The summed E-state index contributed by atoms with van der Waals surface area (Å²) in [5.74, 6) is 0.409. The van der Waals surface area contributed by atoms with Crippen LogP contribution in [0.15, 0.2) is 30.3 Å². The highest BCUT2D eigenvalue weighted by atomic mass is 35.5. The highest BCUT2D eigenvalue weighted by Crippen LogP contribution is 2.39. The summed E-state index contributed by atoms with van der Waals surface area (Å²) in [6.45, 7) is 1.52. The molecule has 2 aromatic rings. The quantitative estimate of drug-likeness (QED) is 0.604. The van der Waals surface area contributed by atoms with E-state index in [-0.39, 0.29) is 18.1 Å². The van der Waals surface area contributed by atoms with E-state index in [1.54, 1.807) is 17.0 Å². The molecule has 1 fully saturated rings. The first-order valence-electron chi connectivity index (χ1n) is 10.6. The Balaban J connectivity index is 1.59. The van der Waals surface area contributed by atoms with Crippen LogP contribution in [0.4, 0.5) is 18.9 Å². The van der Waals surface area contributed by atoms with Gasteiger partial charge < -0.3 is 24.4 Å². The third kappa shape index (κ3) is 6.29. The fraction of sp³-hybridized carbons (Fsp3) is 0.391. The van der Waals surface area contributed by atoms with Crippen LogP contribution >= 0.6 is 11.6 Å². The van der Waals surface area contributed by atoms with Gasteiger partial charge in [-0.3, -0.25) is 14.5 Å². The molecule has 0 bridgehead atoms. The van der Waals surface area contributed by atoms with Crippen LogP contribution in [0.3, 0.4) is 0 Å². The first-order chi connectivity index (χ1) is 16.6. The summed E-state index contributed by atoms with van der Waals surface area (Å²) in [6, 6.07) is 6.35. The van der Waals surface area contributed by atoms with Gasteiger partial charge in [0.15, 0.2) is 11.5 Å². The third-order valence-corrected chi connectivity index (χ3v) is 5.82. The van der Waals surface area contributed by atoms with E-state index in [2.05, 4.69) is 5.32 Å². The van der Waals surface area contributed by atoms with Crippen molar-refractivity contribution in [2.24, 2.45) is 0 Å². The second-order valence-corrected chi connectivity index (χ2v) is 8.13. The number of amides is 2. The van der Waals surface area contributed by atoms with Crippen LogP contribution < -0.4 is 19.5 Å². The lowest BCUT2D eigenvalue weighted by atomic mass is 10.1. The minimum atomic E-state index is -4.63. The summed E-state index contributed by atoms with van der Waals surface area (Å²) in [5, 5.41) is 2.02. The molecular weight excluding hydrogens is 491 g/mol. The lowest BCUT2D eigenvalue weighted by Gasteiger charge is -2.34. The summed E-state index contributed by atoms with van der Waals surface area (Å²) < 4.78 is 55.0. The molecule has 0 saturated carbocycles. The smallest absolute Gasteiger partial charge is 0.417 e. The number of hydrogen-bond acceptors (Lipinski definition) is 6. The number of carbonyl (C=O) groups excluding carboxylic acids is 2. The van der Waals surface area contributed by atoms with Gasteiger partial charge in [-0.25, -0.2) is 0 Å². The predicted molar refractivity (Wildman–Crippen MR) is 124 cm³/mol. The standard InChI is InChI=1S/C23H25ClF3N3O5/c1-33-18-10-14(11-19(34-2)21(18)35-3)22(32)30-8-6-29(7-9-30)13-20(31)28-15-4-5-17(24)16(12-15)23(25,26)27/h4-5,10-12H,6-9,13H2,1-3H3,(H,28,31). The monoisotopic (exact) mass is 515 g/mol. The largest absolute Gasteiger partial charge is 0.493 e. The number of ether oxygens (including phenoxy) is 3. The second kappa shape index (κ2) is 11.0. The number of benzene rings is 2. The van der Waals surface area contributed by atoms with Gasteiger partial charge >= 0.3 is 6.18 Å². The Labute approximate surface area is 205 Å². The molecule has 1 N–H and O–H groups in total. The van der Waals surface area contributed by atoms with Crippen LogP contribution in [-0.2, 0) is 11.0 Å². The van der Waals surface area contributed by atoms with Crippen molar-refractivity contribution in [3.63, 3.8) is 0 Å². The fourth-order valence-electron chi connectivity index (χ4n) is 3.72. The number of alkyl halides is 3. The Bertz CT molecular complexity index is 1060. The van der Waals surface area contributed by atoms with Crippen molar-refractivity contribution >= 4 is 29.1 Å². The van der Waals surface area contributed by atoms with Crippen molar-refractivity contribution in [1.29, 1.82) is 0 Å². The topological polar surface area (TPSA) is 80.3 Å². The lowest BCUT2D eigenvalue weighted by Crippen LogP contribution is -2.50. The van der Waals surface area contributed by atoms with E-state index in [1.807, 2.05) is 4.90 Å². The summed E-state index contributed by atoms with van der Waals surface area (Å²) in [4.78, 5) is 28.9. The average Bonchev–Trinajstić information content (AvgIpc) is 2.83. The maximum atomic E-state index is 13.0. The third-order valence-electron chi connectivity index (χ3n) is 5.49. The van der Waals surface area contributed by atoms with Crippen LogP contribution in [0.5, 0.6) is 17.2 Å². The molecule has 0 unspecified atom stereocenters. The molecule has 190 valence electrons. The number of hydrogen-bond donors (Lipinski definition) is 1. The molecule has 1 aliphatic heterocycles. The number of halogens is 4. The summed E-state index contributed by atoms with van der Waals surface area (Å²) in [6.07, 6.45) is -4.63. The molecule has 8 nitrogen and oxygen atoms in total. The van der Waals surface area contributed by atoms with Crippen molar-refractivity contribution in [2.45, 2.75) is 6.18 Å². The van der Waals surface area contributed by atoms with Crippen LogP contribution in [0.2, 0.25) is 5.02 Å². The van der Waals surface area contributed by atoms with Gasteiger partial charge in [0.05, 0.1) is 38.5 Å². The summed E-state index contributed by atoms with van der Waals surface area (Å²) in [5.41, 5.74) is -0.646. The van der Waals surface area contributed by atoms with Gasteiger partial charge in [-0.1, -0.05) is 11.6 Å². The van der Waals surface area contributed by atoms with Gasteiger partial charge in [-0.2, -0.15) is 13.2 Å². The van der Waals surface area contributed by atoms with Gasteiger partial charge in [0.25, 0.3) is 5.91 Å². The Kier molecular flexibility index (Phi) is 8.34. The van der Waals surface area contributed by atoms with Crippen molar-refractivity contribution in [3.8, 4) is 17.2 Å². The van der Waals surface area contributed by atoms with E-state index >= 15 is 0 Å². The zero-order chi connectivity index (χ0) is 25.8. The van der Waals surface area contributed by atoms with Crippen LogP contribution in [-0.4, -0.2) is 75.7 Å². The minimum absolute atomic E-state index is 0.00272. The number of methoxy groups -OCH3 is 3. The molecule has 1 heterocycles. The van der Waals surface area contributed by atoms with Crippen molar-refractivity contribution in [1.82, 2.24) is 9.80 Å². The Morgan fingerprint density at radius 1 is 0.971 bits per heavy atom. The Morgan fingerprint density at radius 3 is 2.09 bits per heavy atom. The molecule has 12 heteroatoms. The Morgan fingerprint density at radius 2 is 1.57 bits per heavy atom. The molecule has 3 rings (SSSR count). The molecule has 35 heavy (non-hydrogen) atoms. The molecule has 1 aliphatic rings. The van der Waals surface area contributed by atoms with Crippen molar-refractivity contribution < 1.29 is 37.0 Å². The SMILES string of the molecule is COc1cc(C(=O)N2CCN(CC(=O)Nc3ccc(Cl)c(C(F)(F)F)c3)CC2)cc(OC)c1OC. The van der Waals surface area contributed by atoms with E-state index in [0.29, 0.717) is 49.0 Å². The van der Waals surface area contributed by atoms with Gasteiger partial charge in [0.2, 0.25) is 11.7 Å². The zero-order valence-electron chi connectivity index (χ0n) is 19.4. The Hall–Kier alpha value is -3.18. The highest BCUT2D eigenvalue weighted by molar-refractivity contribution is 6.31. The van der Waals surface area contributed by atoms with Crippen LogP contribution in [0.1, 0.15) is 15.9 Å². The number of nitrogens with zero attached hydrogens (tertiary/aromatic N) is 2. The molecule has 0 radical (unpaired) electrons. The molecule has 0 atom stereocenters. The first-order valence-corrected chi connectivity index (χ1v) is 10.9. The molecular formula is C23H25ClF3N3O5. The van der Waals surface area contributed by atoms with E-state index in [4.69, 9.17) is 25.8 Å². The number of piperazine rings is 1. The van der Waals surface area contributed by atoms with E-state index in [1.165, 1.54) is 27.4 Å². The van der Waals surface area contributed by atoms with Crippen LogP contribution in [0.25, 0.3) is 0 Å². The number of rotatable bonds is 7. The van der Waals surface area contributed by atoms with Gasteiger partial charge in [0, 0.05) is 37.4 Å². The maximum absolute atomic E-state index is 13.0. The highest BCUT2D eigenvalue weighted by Gasteiger charge is 2.33. The predicted octanol–water partition coefficient (Wildman–Crippen LogP) is 3.78. The molecule has 1 saturated heterocycles. The summed E-state index contributed by atoms with van der Waals surface area (Å²) in [7, 11) is 4.39. The maximum Gasteiger partial charge on any atom is 0.417 e. The van der Waals surface area contributed by atoms with Gasteiger partial charge in [-0.15, -0.1) is 0 Å². The van der Waals surface area contributed by atoms with Crippen molar-refractivity contribution in [3.05, 3.63) is 46.5 Å².